The van der Waals surface area contributed by atoms with E-state index in [1.807, 2.05) is 49.4 Å². The zero-order chi connectivity index (χ0) is 13.0. The van der Waals surface area contributed by atoms with Gasteiger partial charge in [0.1, 0.15) is 0 Å². The highest BCUT2D eigenvalue weighted by molar-refractivity contribution is 5.94. The van der Waals surface area contributed by atoms with Crippen LogP contribution in [0.15, 0.2) is 48.5 Å². The molecule has 0 heterocycles. The molecule has 18 heavy (non-hydrogen) atoms. The fraction of sp³-hybridized carbons (Fsp3) is 0.133. The number of carbonyl (C=O) groups is 1. The van der Waals surface area contributed by atoms with Crippen LogP contribution in [0.2, 0.25) is 0 Å². The van der Waals surface area contributed by atoms with E-state index in [1.54, 1.807) is 6.07 Å². The van der Waals surface area contributed by atoms with Crippen LogP contribution < -0.4 is 11.1 Å². The average Bonchev–Trinajstić information content (AvgIpc) is 2.38. The number of hydrogen-bond acceptors (Lipinski definition) is 2. The van der Waals surface area contributed by atoms with Crippen molar-refractivity contribution >= 4 is 11.6 Å². The second kappa shape index (κ2) is 5.36. The van der Waals surface area contributed by atoms with Gasteiger partial charge in [-0.15, -0.1) is 0 Å². The third-order valence-electron chi connectivity index (χ3n) is 2.90. The lowest BCUT2D eigenvalue weighted by atomic mass is 10.1. The van der Waals surface area contributed by atoms with Crippen molar-refractivity contribution in [1.82, 2.24) is 0 Å². The molecule has 0 bridgehead atoms. The summed E-state index contributed by atoms with van der Waals surface area (Å²) in [4.78, 5) is 11.3. The summed E-state index contributed by atoms with van der Waals surface area (Å²) in [5, 5.41) is 3.32. The first-order valence-electron chi connectivity index (χ1n) is 5.85. The number of nitrogens with one attached hydrogen (secondary N) is 1. The molecule has 2 rings (SSSR count). The van der Waals surface area contributed by atoms with Gasteiger partial charge in [0.15, 0.2) is 0 Å². The minimum atomic E-state index is -0.391. The lowest BCUT2D eigenvalue weighted by Gasteiger charge is -2.11. The van der Waals surface area contributed by atoms with Crippen LogP contribution in [0.25, 0.3) is 0 Å². The van der Waals surface area contributed by atoms with E-state index in [9.17, 15) is 4.79 Å². The summed E-state index contributed by atoms with van der Waals surface area (Å²) in [6.07, 6.45) is 0. The molecule has 0 saturated carbocycles. The number of amides is 1. The SMILES string of the molecule is Cc1ccccc1NCc1ccccc1C(N)=O. The smallest absolute Gasteiger partial charge is 0.249 e. The lowest BCUT2D eigenvalue weighted by Crippen LogP contribution is -2.15. The van der Waals surface area contributed by atoms with Crippen molar-refractivity contribution in [2.24, 2.45) is 5.73 Å². The highest BCUT2D eigenvalue weighted by Gasteiger charge is 2.06. The molecule has 0 aliphatic heterocycles. The fourth-order valence-electron chi connectivity index (χ4n) is 1.88. The Morgan fingerprint density at radius 3 is 2.50 bits per heavy atom. The highest BCUT2D eigenvalue weighted by Crippen LogP contribution is 2.16. The van der Waals surface area contributed by atoms with Gasteiger partial charge in [-0.25, -0.2) is 0 Å². The Morgan fingerprint density at radius 2 is 1.78 bits per heavy atom. The molecule has 0 unspecified atom stereocenters. The monoisotopic (exact) mass is 240 g/mol. The Hall–Kier alpha value is -2.29. The van der Waals surface area contributed by atoms with E-state index in [0.29, 0.717) is 12.1 Å². The van der Waals surface area contributed by atoms with Crippen molar-refractivity contribution in [3.63, 3.8) is 0 Å². The van der Waals surface area contributed by atoms with Crippen molar-refractivity contribution in [2.75, 3.05) is 5.32 Å². The van der Waals surface area contributed by atoms with E-state index in [1.165, 1.54) is 5.56 Å². The van der Waals surface area contributed by atoms with Gasteiger partial charge < -0.3 is 11.1 Å². The van der Waals surface area contributed by atoms with Gasteiger partial charge in [0, 0.05) is 17.8 Å². The van der Waals surface area contributed by atoms with Crippen molar-refractivity contribution < 1.29 is 4.79 Å². The van der Waals surface area contributed by atoms with E-state index in [0.717, 1.165) is 11.3 Å². The third kappa shape index (κ3) is 2.69. The van der Waals surface area contributed by atoms with Crippen LogP contribution in [-0.2, 0) is 6.54 Å². The predicted octanol–water partition coefficient (Wildman–Crippen LogP) is 2.71. The van der Waals surface area contributed by atoms with Crippen molar-refractivity contribution in [1.29, 1.82) is 0 Å². The second-order valence-electron chi connectivity index (χ2n) is 4.19. The second-order valence-corrected chi connectivity index (χ2v) is 4.19. The van der Waals surface area contributed by atoms with Gasteiger partial charge in [0.05, 0.1) is 0 Å². The summed E-state index contributed by atoms with van der Waals surface area (Å²) in [7, 11) is 0. The molecule has 0 fully saturated rings. The van der Waals surface area contributed by atoms with Crippen LogP contribution in [0, 0.1) is 6.92 Å². The molecular weight excluding hydrogens is 224 g/mol. The molecule has 3 heteroatoms. The van der Waals surface area contributed by atoms with Crippen LogP contribution in [-0.4, -0.2) is 5.91 Å². The fourth-order valence-corrected chi connectivity index (χ4v) is 1.88. The molecular formula is C15H16N2O. The molecule has 0 radical (unpaired) electrons. The summed E-state index contributed by atoms with van der Waals surface area (Å²) < 4.78 is 0. The van der Waals surface area contributed by atoms with Gasteiger partial charge in [0.25, 0.3) is 0 Å². The maximum Gasteiger partial charge on any atom is 0.249 e. The first-order chi connectivity index (χ1) is 8.68. The molecule has 0 atom stereocenters. The van der Waals surface area contributed by atoms with E-state index in [2.05, 4.69) is 5.32 Å². The van der Waals surface area contributed by atoms with Crippen LogP contribution in [0.4, 0.5) is 5.69 Å². The summed E-state index contributed by atoms with van der Waals surface area (Å²) >= 11 is 0. The molecule has 2 aromatic carbocycles. The molecule has 3 N–H and O–H groups in total. The Bertz CT molecular complexity index is 564. The van der Waals surface area contributed by atoms with Crippen LogP contribution >= 0.6 is 0 Å². The number of rotatable bonds is 4. The highest BCUT2D eigenvalue weighted by atomic mass is 16.1. The topological polar surface area (TPSA) is 55.1 Å². The average molecular weight is 240 g/mol. The number of carbonyl (C=O) groups excluding carboxylic acids is 1. The standard InChI is InChI=1S/C15H16N2O/c1-11-6-2-5-9-14(11)17-10-12-7-3-4-8-13(12)15(16)18/h2-9,17H,10H2,1H3,(H2,16,18). The molecule has 0 spiro atoms. The number of aryl methyl sites for hydroxylation is 1. The Balaban J connectivity index is 2.16. The number of nitrogens with two attached hydrogens (primary N) is 1. The van der Waals surface area contributed by atoms with Gasteiger partial charge in [-0.05, 0) is 30.2 Å². The van der Waals surface area contributed by atoms with E-state index >= 15 is 0 Å². The van der Waals surface area contributed by atoms with Crippen LogP contribution in [0.5, 0.6) is 0 Å². The summed E-state index contributed by atoms with van der Waals surface area (Å²) in [6.45, 7) is 2.63. The van der Waals surface area contributed by atoms with E-state index < -0.39 is 5.91 Å². The maximum atomic E-state index is 11.3. The first kappa shape index (κ1) is 12.2. The minimum Gasteiger partial charge on any atom is -0.381 e. The molecule has 0 aromatic heterocycles. The van der Waals surface area contributed by atoms with Gasteiger partial charge in [0.2, 0.25) is 5.91 Å². The molecule has 2 aromatic rings. The molecule has 3 nitrogen and oxygen atoms in total. The molecule has 0 aliphatic carbocycles. The summed E-state index contributed by atoms with van der Waals surface area (Å²) in [5.74, 6) is -0.391. The summed E-state index contributed by atoms with van der Waals surface area (Å²) in [6, 6.07) is 15.4. The minimum absolute atomic E-state index is 0.391. The van der Waals surface area contributed by atoms with Gasteiger partial charge >= 0.3 is 0 Å². The van der Waals surface area contributed by atoms with Crippen molar-refractivity contribution in [3.05, 3.63) is 65.2 Å². The number of hydrogen-bond donors (Lipinski definition) is 2. The lowest BCUT2D eigenvalue weighted by molar-refractivity contribution is 0.0999. The number of anilines is 1. The Morgan fingerprint density at radius 1 is 1.11 bits per heavy atom. The third-order valence-corrected chi connectivity index (χ3v) is 2.90. The number of primary amides is 1. The van der Waals surface area contributed by atoms with Crippen LogP contribution in [0.1, 0.15) is 21.5 Å². The quantitative estimate of drug-likeness (QED) is 0.863. The first-order valence-corrected chi connectivity index (χ1v) is 5.85. The normalized spacial score (nSPS) is 10.1. The van der Waals surface area contributed by atoms with Gasteiger partial charge in [-0.2, -0.15) is 0 Å². The van der Waals surface area contributed by atoms with E-state index in [4.69, 9.17) is 5.73 Å². The Kier molecular flexibility index (Phi) is 3.63. The summed E-state index contributed by atoms with van der Waals surface area (Å²) in [5.41, 5.74) is 9.07. The van der Waals surface area contributed by atoms with Gasteiger partial charge in [-0.1, -0.05) is 36.4 Å². The van der Waals surface area contributed by atoms with Crippen molar-refractivity contribution in [2.45, 2.75) is 13.5 Å². The molecule has 92 valence electrons. The maximum absolute atomic E-state index is 11.3. The van der Waals surface area contributed by atoms with Crippen molar-refractivity contribution in [3.8, 4) is 0 Å². The van der Waals surface area contributed by atoms with Gasteiger partial charge in [-0.3, -0.25) is 4.79 Å². The van der Waals surface area contributed by atoms with E-state index in [-0.39, 0.29) is 0 Å². The van der Waals surface area contributed by atoms with Crippen LogP contribution in [0.3, 0.4) is 0 Å². The zero-order valence-electron chi connectivity index (χ0n) is 10.3. The molecule has 0 saturated heterocycles. The largest absolute Gasteiger partial charge is 0.381 e. The Labute approximate surface area is 107 Å². The predicted molar refractivity (Wildman–Crippen MR) is 73.5 cm³/mol. The molecule has 1 amide bonds. The zero-order valence-corrected chi connectivity index (χ0v) is 10.3. The number of benzene rings is 2. The molecule has 0 aliphatic rings. The number of para-hydroxylation sites is 1.